The zero-order chi connectivity index (χ0) is 16.5. The van der Waals surface area contributed by atoms with Crippen LogP contribution in [0.5, 0.6) is 0 Å². The maximum atomic E-state index is 11.7. The van der Waals surface area contributed by atoms with Crippen LogP contribution in [0, 0.1) is 0 Å². The first-order valence-electron chi connectivity index (χ1n) is 7.02. The molecule has 1 rings (SSSR count). The van der Waals surface area contributed by atoms with Crippen LogP contribution in [-0.2, 0) is 14.3 Å². The van der Waals surface area contributed by atoms with Crippen molar-refractivity contribution >= 4 is 23.2 Å². The van der Waals surface area contributed by atoms with Crippen molar-refractivity contribution in [1.29, 1.82) is 0 Å². The van der Waals surface area contributed by atoms with Crippen LogP contribution >= 0.6 is 0 Å². The second-order valence-electron chi connectivity index (χ2n) is 5.23. The lowest BCUT2D eigenvalue weighted by Crippen LogP contribution is -2.39. The summed E-state index contributed by atoms with van der Waals surface area (Å²) in [4.78, 5) is 25.4. The molecule has 1 atom stereocenters. The second-order valence-corrected chi connectivity index (χ2v) is 5.23. The predicted molar refractivity (Wildman–Crippen MR) is 86.7 cm³/mol. The highest BCUT2D eigenvalue weighted by Crippen LogP contribution is 2.14. The van der Waals surface area contributed by atoms with Gasteiger partial charge in [-0.1, -0.05) is 0 Å². The highest BCUT2D eigenvalue weighted by Gasteiger charge is 2.13. The first kappa shape index (κ1) is 18.1. The minimum Gasteiger partial charge on any atom is -0.383 e. The minimum atomic E-state index is -0.713. The highest BCUT2D eigenvalue weighted by molar-refractivity contribution is 5.95. The summed E-state index contributed by atoms with van der Waals surface area (Å²) in [5.41, 5.74) is 6.93. The van der Waals surface area contributed by atoms with Gasteiger partial charge in [0.25, 0.3) is 0 Å². The Morgan fingerprint density at radius 2 is 1.73 bits per heavy atom. The molecule has 0 aliphatic heterocycles. The van der Waals surface area contributed by atoms with E-state index in [0.717, 1.165) is 0 Å². The van der Waals surface area contributed by atoms with E-state index in [-0.39, 0.29) is 18.4 Å². The number of ether oxygens (including phenoxy) is 1. The molecule has 1 aromatic rings. The van der Waals surface area contributed by atoms with Gasteiger partial charge in [0.05, 0.1) is 6.61 Å². The number of hydrogen-bond donors (Lipinski definition) is 3. The lowest BCUT2D eigenvalue weighted by Gasteiger charge is -2.12. The van der Waals surface area contributed by atoms with E-state index in [0.29, 0.717) is 24.3 Å². The van der Waals surface area contributed by atoms with E-state index in [2.05, 4.69) is 10.6 Å². The fourth-order valence-corrected chi connectivity index (χ4v) is 1.68. The number of hydrogen-bond acceptors (Lipinski definition) is 5. The number of rotatable bonds is 8. The van der Waals surface area contributed by atoms with Crippen molar-refractivity contribution in [2.75, 3.05) is 45.0 Å². The van der Waals surface area contributed by atoms with Crippen molar-refractivity contribution < 1.29 is 14.3 Å². The van der Waals surface area contributed by atoms with Gasteiger partial charge in [0.1, 0.15) is 6.04 Å². The monoisotopic (exact) mass is 308 g/mol. The van der Waals surface area contributed by atoms with E-state index < -0.39 is 6.04 Å². The Morgan fingerprint density at radius 1 is 1.18 bits per heavy atom. The van der Waals surface area contributed by atoms with E-state index in [4.69, 9.17) is 10.5 Å². The zero-order valence-corrected chi connectivity index (χ0v) is 13.3. The summed E-state index contributed by atoms with van der Waals surface area (Å²) in [5, 5.41) is 5.48. The molecule has 0 saturated heterocycles. The lowest BCUT2D eigenvalue weighted by molar-refractivity contribution is -0.118. The highest BCUT2D eigenvalue weighted by atomic mass is 16.5. The normalized spacial score (nSPS) is 12.0. The molecule has 0 aliphatic rings. The van der Waals surface area contributed by atoms with Gasteiger partial charge in [0.2, 0.25) is 11.8 Å². The number of nitrogens with two attached hydrogens (primary N) is 1. The van der Waals surface area contributed by atoms with Crippen LogP contribution in [-0.4, -0.2) is 57.1 Å². The fourth-order valence-electron chi connectivity index (χ4n) is 1.68. The molecule has 7 nitrogen and oxygen atoms in total. The molecule has 0 spiro atoms. The fraction of sp³-hybridized carbons (Fsp3) is 0.467. The Labute approximate surface area is 130 Å². The predicted octanol–water partition coefficient (Wildman–Crippen LogP) is 0.489. The van der Waals surface area contributed by atoms with Crippen LogP contribution in [0.1, 0.15) is 6.42 Å². The van der Waals surface area contributed by atoms with Crippen molar-refractivity contribution in [1.82, 2.24) is 4.90 Å². The topological polar surface area (TPSA) is 96.7 Å². The largest absolute Gasteiger partial charge is 0.383 e. The van der Waals surface area contributed by atoms with Gasteiger partial charge in [-0.2, -0.15) is 0 Å². The van der Waals surface area contributed by atoms with Crippen molar-refractivity contribution in [3.05, 3.63) is 24.3 Å². The van der Waals surface area contributed by atoms with Gasteiger partial charge < -0.3 is 26.0 Å². The standard InChI is InChI=1S/C15H24N4O3/c1-19(2)9-8-14(20)17-11-4-6-12(7-5-11)18-15(21)13(16)10-22-3/h4-7,13H,8-10,16H2,1-3H3,(H,17,20)(H,18,21). The Hall–Kier alpha value is -1.96. The van der Waals surface area contributed by atoms with Gasteiger partial charge >= 0.3 is 0 Å². The van der Waals surface area contributed by atoms with Crippen LogP contribution < -0.4 is 16.4 Å². The molecule has 7 heteroatoms. The van der Waals surface area contributed by atoms with E-state index >= 15 is 0 Å². The first-order chi connectivity index (χ1) is 10.4. The van der Waals surface area contributed by atoms with Crippen LogP contribution in [0.15, 0.2) is 24.3 Å². The van der Waals surface area contributed by atoms with Gasteiger partial charge in [-0.05, 0) is 38.4 Å². The number of nitrogens with zero attached hydrogens (tertiary/aromatic N) is 1. The number of nitrogens with one attached hydrogen (secondary N) is 2. The molecule has 122 valence electrons. The number of anilines is 2. The lowest BCUT2D eigenvalue weighted by atomic mass is 10.2. The maximum absolute atomic E-state index is 11.7. The number of amides is 2. The van der Waals surface area contributed by atoms with Crippen LogP contribution in [0.25, 0.3) is 0 Å². The quantitative estimate of drug-likeness (QED) is 0.649. The van der Waals surface area contributed by atoms with Crippen molar-refractivity contribution in [3.63, 3.8) is 0 Å². The van der Waals surface area contributed by atoms with Crippen LogP contribution in [0.2, 0.25) is 0 Å². The average Bonchev–Trinajstić information content (AvgIpc) is 2.47. The molecule has 0 bridgehead atoms. The summed E-state index contributed by atoms with van der Waals surface area (Å²) in [6.45, 7) is 0.850. The van der Waals surface area contributed by atoms with Crippen molar-refractivity contribution in [2.24, 2.45) is 5.73 Å². The van der Waals surface area contributed by atoms with E-state index in [9.17, 15) is 9.59 Å². The Balaban J connectivity index is 2.49. The molecule has 2 amide bonds. The minimum absolute atomic E-state index is 0.0485. The van der Waals surface area contributed by atoms with E-state index in [1.165, 1.54) is 7.11 Å². The van der Waals surface area contributed by atoms with Gasteiger partial charge in [-0.15, -0.1) is 0 Å². The third-order valence-corrected chi connectivity index (χ3v) is 2.91. The molecule has 0 saturated carbocycles. The molecule has 1 aromatic carbocycles. The summed E-state index contributed by atoms with van der Waals surface area (Å²) >= 11 is 0. The summed E-state index contributed by atoms with van der Waals surface area (Å²) < 4.78 is 4.83. The van der Waals surface area contributed by atoms with E-state index in [1.54, 1.807) is 24.3 Å². The van der Waals surface area contributed by atoms with Gasteiger partial charge in [-0.25, -0.2) is 0 Å². The van der Waals surface area contributed by atoms with Gasteiger partial charge in [0, 0.05) is 31.5 Å². The SMILES string of the molecule is COCC(N)C(=O)Nc1ccc(NC(=O)CCN(C)C)cc1. The Kier molecular flexibility index (Phi) is 7.51. The smallest absolute Gasteiger partial charge is 0.243 e. The Bertz CT molecular complexity index is 488. The molecule has 0 fully saturated rings. The molecule has 0 radical (unpaired) electrons. The summed E-state index contributed by atoms with van der Waals surface area (Å²) in [6.07, 6.45) is 0.428. The van der Waals surface area contributed by atoms with Gasteiger partial charge in [0.15, 0.2) is 0 Å². The van der Waals surface area contributed by atoms with E-state index in [1.807, 2.05) is 19.0 Å². The van der Waals surface area contributed by atoms with Crippen LogP contribution in [0.4, 0.5) is 11.4 Å². The van der Waals surface area contributed by atoms with Crippen molar-refractivity contribution in [2.45, 2.75) is 12.5 Å². The second kappa shape index (κ2) is 9.14. The third kappa shape index (κ3) is 6.66. The molecule has 0 aliphatic carbocycles. The number of methoxy groups -OCH3 is 1. The molecule has 0 heterocycles. The first-order valence-corrected chi connectivity index (χ1v) is 7.02. The molecule has 22 heavy (non-hydrogen) atoms. The Morgan fingerprint density at radius 3 is 2.23 bits per heavy atom. The van der Waals surface area contributed by atoms with Gasteiger partial charge in [-0.3, -0.25) is 9.59 Å². The zero-order valence-electron chi connectivity index (χ0n) is 13.3. The third-order valence-electron chi connectivity index (χ3n) is 2.91. The number of carbonyl (C=O) groups is 2. The molecular weight excluding hydrogens is 284 g/mol. The molecule has 0 aromatic heterocycles. The van der Waals surface area contributed by atoms with Crippen LogP contribution in [0.3, 0.4) is 0 Å². The summed E-state index contributed by atoms with van der Waals surface area (Å²) in [6, 6.07) is 6.16. The summed E-state index contributed by atoms with van der Waals surface area (Å²) in [5.74, 6) is -0.364. The number of carbonyl (C=O) groups excluding carboxylic acids is 2. The maximum Gasteiger partial charge on any atom is 0.243 e. The average molecular weight is 308 g/mol. The summed E-state index contributed by atoms with van der Waals surface area (Å²) in [7, 11) is 5.32. The molecule has 4 N–H and O–H groups in total. The van der Waals surface area contributed by atoms with Crippen molar-refractivity contribution in [3.8, 4) is 0 Å². The molecule has 1 unspecified atom stereocenters. The number of benzene rings is 1. The molecular formula is C15H24N4O3.